The monoisotopic (exact) mass is 602 g/mol. The number of halogens is 5. The van der Waals surface area contributed by atoms with E-state index in [0.717, 1.165) is 17.4 Å². The van der Waals surface area contributed by atoms with Crippen molar-refractivity contribution in [3.05, 3.63) is 38.8 Å². The summed E-state index contributed by atoms with van der Waals surface area (Å²) in [4.78, 5) is 20.9. The number of thiazole rings is 2. The zero-order valence-electron chi connectivity index (χ0n) is 18.8. The second-order valence-electron chi connectivity index (χ2n) is 8.15. The first-order valence-electron chi connectivity index (χ1n) is 10.00. The third-order valence-corrected chi connectivity index (χ3v) is 8.99. The van der Waals surface area contributed by atoms with Gasteiger partial charge in [-0.2, -0.15) is 17.9 Å². The molecule has 0 spiro atoms. The quantitative estimate of drug-likeness (QED) is 0.335. The Balaban J connectivity index is 2.06. The lowest BCUT2D eigenvalue weighted by Gasteiger charge is -2.18. The minimum atomic E-state index is -4.81. The van der Waals surface area contributed by atoms with Crippen LogP contribution in [0, 0.1) is 0 Å². The predicted octanol–water partition coefficient (Wildman–Crippen LogP) is 4.97. The van der Waals surface area contributed by atoms with Crippen LogP contribution in [0.25, 0.3) is 21.1 Å². The molecule has 1 unspecified atom stereocenters. The van der Waals surface area contributed by atoms with Crippen LogP contribution in [0.1, 0.15) is 30.6 Å². The molecule has 0 saturated heterocycles. The molecule has 1 amide bonds. The number of hydrogen-bond acceptors (Lipinski definition) is 8. The molecular weight excluding hydrogens is 584 g/mol. The number of aromatic nitrogens is 2. The van der Waals surface area contributed by atoms with E-state index >= 15 is 0 Å². The summed E-state index contributed by atoms with van der Waals surface area (Å²) >= 11 is 14.8. The van der Waals surface area contributed by atoms with Gasteiger partial charge in [-0.3, -0.25) is 4.79 Å². The van der Waals surface area contributed by atoms with Crippen LogP contribution in [-0.2, 0) is 10.0 Å². The summed E-state index contributed by atoms with van der Waals surface area (Å²) in [6.07, 6.45) is -3.29. The van der Waals surface area contributed by atoms with Gasteiger partial charge in [0.05, 0.1) is 20.5 Å². The molecule has 196 valence electrons. The Labute approximate surface area is 222 Å². The van der Waals surface area contributed by atoms with Gasteiger partial charge >= 0.3 is 6.18 Å². The highest BCUT2D eigenvalue weighted by Gasteiger charge is 2.39. The summed E-state index contributed by atoms with van der Waals surface area (Å²) in [6.45, 7) is 3.64. The van der Waals surface area contributed by atoms with E-state index in [1.54, 1.807) is 5.38 Å². The normalized spacial score (nSPS) is 13.6. The zero-order chi connectivity index (χ0) is 27.1. The van der Waals surface area contributed by atoms with Crippen molar-refractivity contribution in [2.75, 3.05) is 6.54 Å². The first kappa shape index (κ1) is 28.8. The van der Waals surface area contributed by atoms with Crippen LogP contribution < -0.4 is 10.0 Å². The number of carbonyl (C=O) groups excluding carboxylic acids is 1. The van der Waals surface area contributed by atoms with Gasteiger partial charge in [-0.15, -0.1) is 22.7 Å². The van der Waals surface area contributed by atoms with Gasteiger partial charge in [-0.05, 0) is 26.8 Å². The number of hydrogen-bond donors (Lipinski definition) is 3. The van der Waals surface area contributed by atoms with E-state index in [1.165, 1.54) is 42.2 Å². The molecule has 0 fully saturated rings. The van der Waals surface area contributed by atoms with E-state index < -0.39 is 43.7 Å². The first-order chi connectivity index (χ1) is 16.5. The fourth-order valence-electron chi connectivity index (χ4n) is 2.74. The van der Waals surface area contributed by atoms with Crippen LogP contribution in [-0.4, -0.2) is 53.8 Å². The Kier molecular flexibility index (Phi) is 8.40. The number of aliphatic hydroxyl groups is 1. The fourth-order valence-corrected chi connectivity index (χ4v) is 6.60. The second-order valence-corrected chi connectivity index (χ2v) is 12.5. The highest BCUT2D eigenvalue weighted by molar-refractivity contribution is 7.89. The van der Waals surface area contributed by atoms with Crippen molar-refractivity contribution in [1.29, 1.82) is 0 Å². The molecule has 1 atom stereocenters. The van der Waals surface area contributed by atoms with Gasteiger partial charge < -0.3 is 10.4 Å². The first-order valence-corrected chi connectivity index (χ1v) is 13.9. The molecule has 2 aromatic heterocycles. The Bertz CT molecular complexity index is 1370. The maximum atomic E-state index is 12.9. The highest BCUT2D eigenvalue weighted by Crippen LogP contribution is 2.44. The van der Waals surface area contributed by atoms with E-state index in [-0.39, 0.29) is 27.8 Å². The number of alkyl halides is 3. The average molecular weight is 603 g/mol. The number of nitrogens with zero attached hydrogens (tertiary/aromatic N) is 2. The third kappa shape index (κ3) is 6.54. The molecule has 3 N–H and O–H groups in total. The van der Waals surface area contributed by atoms with Gasteiger partial charge in [0.25, 0.3) is 5.91 Å². The summed E-state index contributed by atoms with van der Waals surface area (Å²) in [5.74, 6) is -0.571. The standard InChI is InChI=1S/C20H19Cl2F3N4O4S3/c1-9(20(23,24)25)29-36(32,33)11-5-4-10(12(21)13(11)22)15-14(17-26-6-7-34-17)28-18(35-15)16(30)27-8-19(2,3)31/h4-7,9,29,31H,8H2,1-3H3,(H,27,30). The molecule has 0 aliphatic heterocycles. The molecule has 3 aromatic rings. The van der Waals surface area contributed by atoms with Crippen LogP contribution in [0.4, 0.5) is 13.2 Å². The summed E-state index contributed by atoms with van der Waals surface area (Å²) in [6, 6.07) is -0.0709. The largest absolute Gasteiger partial charge is 0.404 e. The van der Waals surface area contributed by atoms with E-state index in [1.807, 2.05) is 0 Å². The zero-order valence-corrected chi connectivity index (χ0v) is 22.7. The Morgan fingerprint density at radius 2 is 1.89 bits per heavy atom. The highest BCUT2D eigenvalue weighted by atomic mass is 35.5. The number of sulfonamides is 1. The molecule has 0 aliphatic carbocycles. The van der Waals surface area contributed by atoms with Gasteiger partial charge in [0.15, 0.2) is 5.01 Å². The van der Waals surface area contributed by atoms with Crippen LogP contribution in [0.2, 0.25) is 10.0 Å². The summed E-state index contributed by atoms with van der Waals surface area (Å²) < 4.78 is 65.3. The van der Waals surface area contributed by atoms with Crippen LogP contribution in [0.3, 0.4) is 0 Å². The molecule has 0 radical (unpaired) electrons. The Morgan fingerprint density at radius 3 is 2.44 bits per heavy atom. The number of benzene rings is 1. The van der Waals surface area contributed by atoms with Crippen molar-refractivity contribution in [2.45, 2.75) is 43.5 Å². The fraction of sp³-hybridized carbons (Fsp3) is 0.350. The molecular formula is C20H19Cl2F3N4O4S3. The lowest BCUT2D eigenvalue weighted by Crippen LogP contribution is -2.43. The van der Waals surface area contributed by atoms with Crippen molar-refractivity contribution < 1.29 is 31.5 Å². The Hall–Kier alpha value is -1.81. The molecule has 36 heavy (non-hydrogen) atoms. The van der Waals surface area contributed by atoms with Gasteiger partial charge in [0.2, 0.25) is 10.0 Å². The average Bonchev–Trinajstić information content (AvgIpc) is 3.42. The molecule has 8 nitrogen and oxygen atoms in total. The van der Waals surface area contributed by atoms with Crippen LogP contribution >= 0.6 is 45.9 Å². The van der Waals surface area contributed by atoms with Crippen molar-refractivity contribution in [2.24, 2.45) is 0 Å². The van der Waals surface area contributed by atoms with Gasteiger partial charge in [-0.1, -0.05) is 29.3 Å². The summed E-state index contributed by atoms with van der Waals surface area (Å²) in [5.41, 5.74) is -0.682. The Morgan fingerprint density at radius 1 is 1.22 bits per heavy atom. The van der Waals surface area contributed by atoms with Crippen molar-refractivity contribution in [3.8, 4) is 21.1 Å². The summed E-state index contributed by atoms with van der Waals surface area (Å²) in [7, 11) is -4.67. The van der Waals surface area contributed by atoms with Crippen molar-refractivity contribution in [3.63, 3.8) is 0 Å². The number of amides is 1. The van der Waals surface area contributed by atoms with Crippen LogP contribution in [0.5, 0.6) is 0 Å². The number of nitrogens with one attached hydrogen (secondary N) is 2. The maximum Gasteiger partial charge on any atom is 0.404 e. The number of rotatable bonds is 8. The SMILES string of the molecule is CC(NS(=O)(=O)c1ccc(-c2sc(C(=O)NCC(C)(C)O)nc2-c2nccs2)c(Cl)c1Cl)C(F)(F)F. The molecule has 2 heterocycles. The third-order valence-electron chi connectivity index (χ3n) is 4.54. The van der Waals surface area contributed by atoms with E-state index in [0.29, 0.717) is 16.8 Å². The maximum absolute atomic E-state index is 12.9. The van der Waals surface area contributed by atoms with E-state index in [4.69, 9.17) is 23.2 Å². The molecule has 0 bridgehead atoms. The van der Waals surface area contributed by atoms with Crippen molar-refractivity contribution >= 4 is 61.8 Å². The molecule has 0 aliphatic rings. The smallest absolute Gasteiger partial charge is 0.389 e. The van der Waals surface area contributed by atoms with E-state index in [9.17, 15) is 31.5 Å². The summed E-state index contributed by atoms with van der Waals surface area (Å²) in [5, 5.41) is 13.8. The lowest BCUT2D eigenvalue weighted by molar-refractivity contribution is -0.147. The van der Waals surface area contributed by atoms with E-state index in [2.05, 4.69) is 15.3 Å². The molecule has 0 saturated carbocycles. The minimum absolute atomic E-state index is 0.0176. The van der Waals surface area contributed by atoms with Gasteiger partial charge in [0.1, 0.15) is 21.6 Å². The topological polar surface area (TPSA) is 121 Å². The molecule has 1 aromatic carbocycles. The number of carbonyl (C=O) groups is 1. The lowest BCUT2D eigenvalue weighted by atomic mass is 10.1. The van der Waals surface area contributed by atoms with Crippen LogP contribution in [0.15, 0.2) is 28.6 Å². The second kappa shape index (κ2) is 10.5. The minimum Gasteiger partial charge on any atom is -0.389 e. The van der Waals surface area contributed by atoms with Gasteiger partial charge in [0, 0.05) is 23.7 Å². The molecule has 3 rings (SSSR count). The van der Waals surface area contributed by atoms with Crippen molar-refractivity contribution in [1.82, 2.24) is 20.0 Å². The van der Waals surface area contributed by atoms with Gasteiger partial charge in [-0.25, -0.2) is 18.4 Å². The molecule has 16 heteroatoms. The predicted molar refractivity (Wildman–Crippen MR) is 133 cm³/mol.